The summed E-state index contributed by atoms with van der Waals surface area (Å²) in [6.45, 7) is 0. The average Bonchev–Trinajstić information content (AvgIpc) is 2.40. The lowest BCUT2D eigenvalue weighted by Crippen LogP contribution is -2.05. The van der Waals surface area contributed by atoms with Crippen molar-refractivity contribution >= 4 is 5.78 Å². The number of carbonyl (C=O) groups is 1. The van der Waals surface area contributed by atoms with Crippen LogP contribution >= 0.6 is 0 Å². The van der Waals surface area contributed by atoms with Crippen LogP contribution in [0.3, 0.4) is 0 Å². The smallest absolute Gasteiger partial charge is 0.184 e. The highest BCUT2D eigenvalue weighted by Crippen LogP contribution is 2.10. The van der Waals surface area contributed by atoms with Crippen molar-refractivity contribution in [2.75, 3.05) is 0 Å². The van der Waals surface area contributed by atoms with Crippen LogP contribution in [0.5, 0.6) is 0 Å². The highest BCUT2D eigenvalue weighted by Gasteiger charge is 2.11. The van der Waals surface area contributed by atoms with Crippen LogP contribution in [-0.4, -0.2) is 10.8 Å². The average molecular weight is 243 g/mol. The van der Waals surface area contributed by atoms with Crippen LogP contribution in [0.1, 0.15) is 28.9 Å². The predicted octanol–water partition coefficient (Wildman–Crippen LogP) is 3.43. The molecule has 0 unspecified atom stereocenters. The number of hydrogen-bond acceptors (Lipinski definition) is 2. The van der Waals surface area contributed by atoms with Crippen molar-refractivity contribution in [3.8, 4) is 0 Å². The standard InChI is InChI=1S/C15H14FNO/c16-13-9-5-11-17-15(13)14(18)10-4-8-12-6-2-1-3-7-12/h1-3,5-7,9,11H,4,8,10H2. The molecule has 0 bridgehead atoms. The Labute approximate surface area is 105 Å². The van der Waals surface area contributed by atoms with Gasteiger partial charge in [-0.25, -0.2) is 4.39 Å². The van der Waals surface area contributed by atoms with E-state index in [0.29, 0.717) is 12.8 Å². The van der Waals surface area contributed by atoms with E-state index in [9.17, 15) is 9.18 Å². The van der Waals surface area contributed by atoms with E-state index in [4.69, 9.17) is 0 Å². The molecule has 0 saturated carbocycles. The molecule has 0 aliphatic heterocycles. The van der Waals surface area contributed by atoms with E-state index in [1.165, 1.54) is 23.9 Å². The van der Waals surface area contributed by atoms with Crippen LogP contribution in [0.4, 0.5) is 4.39 Å². The lowest BCUT2D eigenvalue weighted by atomic mass is 10.1. The molecular formula is C15H14FNO. The fourth-order valence-electron chi connectivity index (χ4n) is 1.81. The number of rotatable bonds is 5. The monoisotopic (exact) mass is 243 g/mol. The fraction of sp³-hybridized carbons (Fsp3) is 0.200. The molecule has 0 atom stereocenters. The van der Waals surface area contributed by atoms with E-state index < -0.39 is 5.82 Å². The van der Waals surface area contributed by atoms with Crippen LogP contribution in [0.25, 0.3) is 0 Å². The number of halogens is 1. The molecular weight excluding hydrogens is 229 g/mol. The third kappa shape index (κ3) is 3.23. The van der Waals surface area contributed by atoms with Gasteiger partial charge in [-0.15, -0.1) is 0 Å². The van der Waals surface area contributed by atoms with Gasteiger partial charge in [0.2, 0.25) is 0 Å². The zero-order chi connectivity index (χ0) is 12.8. The number of aryl methyl sites for hydroxylation is 1. The van der Waals surface area contributed by atoms with Gasteiger partial charge in [0.25, 0.3) is 0 Å². The maximum atomic E-state index is 13.3. The maximum absolute atomic E-state index is 13.3. The molecule has 2 rings (SSSR count). The van der Waals surface area contributed by atoms with Crippen LogP contribution in [0.15, 0.2) is 48.7 Å². The Hall–Kier alpha value is -2.03. The van der Waals surface area contributed by atoms with Gasteiger partial charge in [0.15, 0.2) is 11.6 Å². The SMILES string of the molecule is O=C(CCCc1ccccc1)c1ncccc1F. The number of carbonyl (C=O) groups excluding carboxylic acids is 1. The summed E-state index contributed by atoms with van der Waals surface area (Å²) in [5, 5.41) is 0. The molecule has 1 aromatic heterocycles. The molecule has 0 spiro atoms. The molecule has 0 aliphatic carbocycles. The summed E-state index contributed by atoms with van der Waals surface area (Å²) >= 11 is 0. The summed E-state index contributed by atoms with van der Waals surface area (Å²) in [5.74, 6) is -0.772. The third-order valence-corrected chi connectivity index (χ3v) is 2.73. The number of pyridine rings is 1. The van der Waals surface area contributed by atoms with Gasteiger partial charge in [-0.05, 0) is 30.5 Å². The first kappa shape index (κ1) is 12.4. The predicted molar refractivity (Wildman–Crippen MR) is 67.9 cm³/mol. The van der Waals surface area contributed by atoms with Crippen molar-refractivity contribution in [3.63, 3.8) is 0 Å². The lowest BCUT2D eigenvalue weighted by Gasteiger charge is -2.02. The molecule has 3 heteroatoms. The summed E-state index contributed by atoms with van der Waals surface area (Å²) in [6, 6.07) is 12.7. The van der Waals surface area contributed by atoms with Crippen molar-refractivity contribution in [2.24, 2.45) is 0 Å². The molecule has 0 N–H and O–H groups in total. The van der Waals surface area contributed by atoms with Gasteiger partial charge in [0, 0.05) is 12.6 Å². The van der Waals surface area contributed by atoms with Crippen LogP contribution < -0.4 is 0 Å². The molecule has 1 heterocycles. The Kier molecular flexibility index (Phi) is 4.18. The number of aromatic nitrogens is 1. The van der Waals surface area contributed by atoms with Gasteiger partial charge >= 0.3 is 0 Å². The van der Waals surface area contributed by atoms with Gasteiger partial charge in [0.1, 0.15) is 5.69 Å². The van der Waals surface area contributed by atoms with E-state index in [0.717, 1.165) is 6.42 Å². The highest BCUT2D eigenvalue weighted by molar-refractivity contribution is 5.94. The summed E-state index contributed by atoms with van der Waals surface area (Å²) < 4.78 is 13.3. The summed E-state index contributed by atoms with van der Waals surface area (Å²) in [6.07, 6.45) is 3.29. The molecule has 0 radical (unpaired) electrons. The zero-order valence-electron chi connectivity index (χ0n) is 9.97. The fourth-order valence-corrected chi connectivity index (χ4v) is 1.81. The Morgan fingerprint density at radius 2 is 1.89 bits per heavy atom. The minimum Gasteiger partial charge on any atom is -0.292 e. The Bertz CT molecular complexity index is 525. The first-order valence-electron chi connectivity index (χ1n) is 5.95. The molecule has 0 fully saturated rings. The Morgan fingerprint density at radius 1 is 1.11 bits per heavy atom. The van der Waals surface area contributed by atoms with Crippen LogP contribution in [0.2, 0.25) is 0 Å². The maximum Gasteiger partial charge on any atom is 0.184 e. The summed E-state index contributed by atoms with van der Waals surface area (Å²) in [7, 11) is 0. The van der Waals surface area contributed by atoms with Crippen molar-refractivity contribution in [1.82, 2.24) is 4.98 Å². The van der Waals surface area contributed by atoms with E-state index in [-0.39, 0.29) is 11.5 Å². The summed E-state index contributed by atoms with van der Waals surface area (Å²) in [5.41, 5.74) is 1.14. The van der Waals surface area contributed by atoms with Gasteiger partial charge in [-0.2, -0.15) is 0 Å². The second kappa shape index (κ2) is 6.05. The molecule has 1 aromatic carbocycles. The molecule has 0 amide bonds. The van der Waals surface area contributed by atoms with Crippen LogP contribution in [-0.2, 0) is 6.42 Å². The third-order valence-electron chi connectivity index (χ3n) is 2.73. The number of hydrogen-bond donors (Lipinski definition) is 0. The number of Topliss-reactive ketones (excluding diaryl/α,β-unsaturated/α-hetero) is 1. The van der Waals surface area contributed by atoms with E-state index in [2.05, 4.69) is 4.98 Å². The first-order valence-corrected chi connectivity index (χ1v) is 5.95. The van der Waals surface area contributed by atoms with Crippen molar-refractivity contribution in [2.45, 2.75) is 19.3 Å². The number of benzene rings is 1. The Balaban J connectivity index is 1.88. The Morgan fingerprint density at radius 3 is 2.61 bits per heavy atom. The minimum atomic E-state index is -0.540. The van der Waals surface area contributed by atoms with Crippen molar-refractivity contribution < 1.29 is 9.18 Å². The lowest BCUT2D eigenvalue weighted by molar-refractivity contribution is 0.0971. The highest BCUT2D eigenvalue weighted by atomic mass is 19.1. The first-order chi connectivity index (χ1) is 8.77. The molecule has 18 heavy (non-hydrogen) atoms. The zero-order valence-corrected chi connectivity index (χ0v) is 9.97. The minimum absolute atomic E-state index is 0.0504. The number of ketones is 1. The van der Waals surface area contributed by atoms with E-state index in [1.807, 2.05) is 30.3 Å². The van der Waals surface area contributed by atoms with Crippen LogP contribution in [0, 0.1) is 5.82 Å². The van der Waals surface area contributed by atoms with E-state index in [1.54, 1.807) is 0 Å². The molecule has 2 nitrogen and oxygen atoms in total. The summed E-state index contributed by atoms with van der Waals surface area (Å²) in [4.78, 5) is 15.5. The molecule has 2 aromatic rings. The number of nitrogens with zero attached hydrogens (tertiary/aromatic N) is 1. The van der Waals surface area contributed by atoms with E-state index >= 15 is 0 Å². The second-order valence-electron chi connectivity index (χ2n) is 4.10. The topological polar surface area (TPSA) is 30.0 Å². The van der Waals surface area contributed by atoms with Gasteiger partial charge in [-0.1, -0.05) is 30.3 Å². The van der Waals surface area contributed by atoms with Crippen molar-refractivity contribution in [1.29, 1.82) is 0 Å². The van der Waals surface area contributed by atoms with Gasteiger partial charge in [-0.3, -0.25) is 9.78 Å². The molecule has 0 saturated heterocycles. The largest absolute Gasteiger partial charge is 0.292 e. The van der Waals surface area contributed by atoms with Gasteiger partial charge in [0.05, 0.1) is 0 Å². The molecule has 92 valence electrons. The normalized spacial score (nSPS) is 10.3. The van der Waals surface area contributed by atoms with Gasteiger partial charge < -0.3 is 0 Å². The second-order valence-corrected chi connectivity index (χ2v) is 4.10. The van der Waals surface area contributed by atoms with Crippen molar-refractivity contribution in [3.05, 3.63) is 65.7 Å². The molecule has 0 aliphatic rings. The quantitative estimate of drug-likeness (QED) is 0.753.